The molecule has 1 saturated heterocycles. The van der Waals surface area contributed by atoms with E-state index in [0.717, 1.165) is 9.80 Å². The molecule has 0 aromatic heterocycles. The van der Waals surface area contributed by atoms with Crippen LogP contribution < -0.4 is 14.5 Å². The fraction of sp³-hybridized carbons (Fsp3) is 0.0333. The first-order chi connectivity index (χ1) is 18.0. The number of hydrogen-bond acceptors (Lipinski definition) is 4. The van der Waals surface area contributed by atoms with Crippen molar-refractivity contribution in [3.05, 3.63) is 132 Å². The van der Waals surface area contributed by atoms with Gasteiger partial charge in [-0.25, -0.2) is 19.0 Å². The summed E-state index contributed by atoms with van der Waals surface area (Å²) in [6, 6.07) is 29.1. The SMILES string of the molecule is O=C1C(=Cc2ccc(OCc3cccc(F)c3)cc2)C(=O)N(c2ccccc2)C(=O)N1c1ccccc1. The Morgan fingerprint density at radius 2 is 1.24 bits per heavy atom. The highest BCUT2D eigenvalue weighted by Crippen LogP contribution is 2.29. The number of para-hydroxylation sites is 2. The Balaban J connectivity index is 1.45. The number of carbonyl (C=O) groups is 3. The van der Waals surface area contributed by atoms with Crippen LogP contribution in [0.5, 0.6) is 5.75 Å². The number of anilines is 2. The molecule has 4 aromatic carbocycles. The minimum atomic E-state index is -0.745. The van der Waals surface area contributed by atoms with Crippen molar-refractivity contribution in [2.45, 2.75) is 6.61 Å². The van der Waals surface area contributed by atoms with Crippen molar-refractivity contribution in [3.63, 3.8) is 0 Å². The average Bonchev–Trinajstić information content (AvgIpc) is 2.92. The Morgan fingerprint density at radius 1 is 0.676 bits per heavy atom. The molecule has 0 N–H and O–H groups in total. The Hall–Kier alpha value is -5.04. The summed E-state index contributed by atoms with van der Waals surface area (Å²) in [6.07, 6.45) is 1.46. The molecule has 0 aliphatic carbocycles. The third-order valence-corrected chi connectivity index (χ3v) is 5.76. The van der Waals surface area contributed by atoms with Crippen LogP contribution in [-0.4, -0.2) is 17.8 Å². The van der Waals surface area contributed by atoms with Crippen molar-refractivity contribution < 1.29 is 23.5 Å². The number of halogens is 1. The van der Waals surface area contributed by atoms with Crippen LogP contribution in [0.15, 0.2) is 115 Å². The van der Waals surface area contributed by atoms with Crippen LogP contribution in [0.25, 0.3) is 6.08 Å². The van der Waals surface area contributed by atoms with Gasteiger partial charge in [0.15, 0.2) is 0 Å². The predicted octanol–water partition coefficient (Wildman–Crippen LogP) is 5.99. The summed E-state index contributed by atoms with van der Waals surface area (Å²) < 4.78 is 19.1. The molecule has 6 nitrogen and oxygen atoms in total. The number of imide groups is 2. The normalized spacial score (nSPS) is 13.6. The minimum Gasteiger partial charge on any atom is -0.489 e. The highest BCUT2D eigenvalue weighted by Gasteiger charge is 2.43. The molecule has 1 aliphatic rings. The van der Waals surface area contributed by atoms with Gasteiger partial charge in [-0.2, -0.15) is 0 Å². The summed E-state index contributed by atoms with van der Waals surface area (Å²) in [4.78, 5) is 42.2. The third-order valence-electron chi connectivity index (χ3n) is 5.76. The summed E-state index contributed by atoms with van der Waals surface area (Å²) in [5, 5.41) is 0. The van der Waals surface area contributed by atoms with Crippen molar-refractivity contribution in [2.75, 3.05) is 9.80 Å². The standard InChI is InChI=1S/C30H21FN2O4/c31-23-9-7-8-22(18-23)20-37-26-16-14-21(15-17-26)19-27-28(34)32(24-10-3-1-4-11-24)30(36)33(29(27)35)25-12-5-2-6-13-25/h1-19H,20H2. The summed E-state index contributed by atoms with van der Waals surface area (Å²) in [5.74, 6) is -1.21. The molecule has 0 atom stereocenters. The van der Waals surface area contributed by atoms with Crippen molar-refractivity contribution in [2.24, 2.45) is 0 Å². The Labute approximate surface area is 212 Å². The molecule has 0 radical (unpaired) electrons. The molecule has 5 rings (SSSR count). The van der Waals surface area contributed by atoms with E-state index in [4.69, 9.17) is 4.74 Å². The van der Waals surface area contributed by atoms with Crippen LogP contribution >= 0.6 is 0 Å². The number of urea groups is 1. The smallest absolute Gasteiger partial charge is 0.343 e. The molecule has 4 amide bonds. The first-order valence-electron chi connectivity index (χ1n) is 11.5. The fourth-order valence-electron chi connectivity index (χ4n) is 3.96. The van der Waals surface area contributed by atoms with Crippen molar-refractivity contribution in [1.29, 1.82) is 0 Å². The van der Waals surface area contributed by atoms with E-state index in [0.29, 0.717) is 28.3 Å². The van der Waals surface area contributed by atoms with Gasteiger partial charge in [-0.1, -0.05) is 60.7 Å². The molecule has 0 spiro atoms. The largest absolute Gasteiger partial charge is 0.489 e. The molecule has 0 saturated carbocycles. The maximum Gasteiger partial charge on any atom is 0.343 e. The van der Waals surface area contributed by atoms with Gasteiger partial charge in [0.2, 0.25) is 0 Å². The van der Waals surface area contributed by atoms with Gasteiger partial charge < -0.3 is 4.74 Å². The minimum absolute atomic E-state index is 0.152. The van der Waals surface area contributed by atoms with Gasteiger partial charge in [0.1, 0.15) is 23.7 Å². The van der Waals surface area contributed by atoms with Crippen molar-refractivity contribution >= 4 is 35.3 Å². The van der Waals surface area contributed by atoms with Crippen LogP contribution in [0.3, 0.4) is 0 Å². The van der Waals surface area contributed by atoms with E-state index in [9.17, 15) is 18.8 Å². The first-order valence-corrected chi connectivity index (χ1v) is 11.5. The van der Waals surface area contributed by atoms with Crippen LogP contribution in [-0.2, 0) is 16.2 Å². The molecule has 37 heavy (non-hydrogen) atoms. The van der Waals surface area contributed by atoms with E-state index in [-0.39, 0.29) is 18.0 Å². The molecule has 182 valence electrons. The monoisotopic (exact) mass is 492 g/mol. The lowest BCUT2D eigenvalue weighted by molar-refractivity contribution is -0.121. The number of barbiturate groups is 1. The van der Waals surface area contributed by atoms with Gasteiger partial charge in [0.25, 0.3) is 11.8 Å². The molecule has 1 fully saturated rings. The topological polar surface area (TPSA) is 66.9 Å². The van der Waals surface area contributed by atoms with Crippen molar-refractivity contribution in [1.82, 2.24) is 0 Å². The van der Waals surface area contributed by atoms with Crippen LogP contribution in [0.2, 0.25) is 0 Å². The summed E-state index contributed by atoms with van der Waals surface area (Å²) in [6.45, 7) is 0.190. The van der Waals surface area contributed by atoms with E-state index < -0.39 is 17.8 Å². The average molecular weight is 493 g/mol. The predicted molar refractivity (Wildman–Crippen MR) is 138 cm³/mol. The van der Waals surface area contributed by atoms with Gasteiger partial charge in [-0.3, -0.25) is 9.59 Å². The van der Waals surface area contributed by atoms with Gasteiger partial charge in [0, 0.05) is 0 Å². The summed E-state index contributed by atoms with van der Waals surface area (Å²) >= 11 is 0. The zero-order chi connectivity index (χ0) is 25.8. The molecule has 1 heterocycles. The number of ether oxygens (including phenoxy) is 1. The number of nitrogens with zero attached hydrogens (tertiary/aromatic N) is 2. The third kappa shape index (κ3) is 5.01. The lowest BCUT2D eigenvalue weighted by atomic mass is 10.0. The molecular formula is C30H21FN2O4. The van der Waals surface area contributed by atoms with Crippen LogP contribution in [0, 0.1) is 5.82 Å². The maximum atomic E-state index is 13.4. The Morgan fingerprint density at radius 3 is 1.78 bits per heavy atom. The Kier molecular flexibility index (Phi) is 6.59. The number of rotatable bonds is 6. The van der Waals surface area contributed by atoms with Crippen molar-refractivity contribution in [3.8, 4) is 5.75 Å². The molecular weight excluding hydrogens is 471 g/mol. The first kappa shape index (κ1) is 23.7. The molecule has 4 aromatic rings. The summed E-state index contributed by atoms with van der Waals surface area (Å²) in [5.41, 5.74) is 1.83. The lowest BCUT2D eigenvalue weighted by Crippen LogP contribution is -2.57. The van der Waals surface area contributed by atoms with E-state index in [1.165, 1.54) is 18.2 Å². The van der Waals surface area contributed by atoms with E-state index in [1.54, 1.807) is 97.1 Å². The van der Waals surface area contributed by atoms with E-state index in [1.807, 2.05) is 0 Å². The highest BCUT2D eigenvalue weighted by atomic mass is 19.1. The second-order valence-electron chi connectivity index (χ2n) is 8.28. The quantitative estimate of drug-likeness (QED) is 0.245. The maximum absolute atomic E-state index is 13.4. The molecule has 0 bridgehead atoms. The second kappa shape index (κ2) is 10.3. The van der Waals surface area contributed by atoms with Gasteiger partial charge >= 0.3 is 6.03 Å². The lowest BCUT2D eigenvalue weighted by Gasteiger charge is -2.33. The van der Waals surface area contributed by atoms with Gasteiger partial charge in [0.05, 0.1) is 11.4 Å². The Bertz CT molecular complexity index is 1420. The summed E-state index contributed by atoms with van der Waals surface area (Å²) in [7, 11) is 0. The van der Waals surface area contributed by atoms with E-state index >= 15 is 0 Å². The number of hydrogen-bond donors (Lipinski definition) is 0. The van der Waals surface area contributed by atoms with Gasteiger partial charge in [-0.05, 0) is 65.7 Å². The second-order valence-corrected chi connectivity index (χ2v) is 8.28. The fourth-order valence-corrected chi connectivity index (χ4v) is 3.96. The zero-order valence-corrected chi connectivity index (χ0v) is 19.6. The van der Waals surface area contributed by atoms with Crippen LogP contribution in [0.1, 0.15) is 11.1 Å². The van der Waals surface area contributed by atoms with Gasteiger partial charge in [-0.15, -0.1) is 0 Å². The number of amides is 4. The van der Waals surface area contributed by atoms with Crippen LogP contribution in [0.4, 0.5) is 20.6 Å². The van der Waals surface area contributed by atoms with E-state index in [2.05, 4.69) is 0 Å². The number of carbonyl (C=O) groups excluding carboxylic acids is 3. The zero-order valence-electron chi connectivity index (χ0n) is 19.6. The molecule has 0 unspecified atom stereocenters. The number of benzene rings is 4. The highest BCUT2D eigenvalue weighted by molar-refractivity contribution is 6.46. The molecule has 1 aliphatic heterocycles. The molecule has 7 heteroatoms.